The summed E-state index contributed by atoms with van der Waals surface area (Å²) in [5, 5.41) is 6.18. The minimum absolute atomic E-state index is 0. The molecule has 0 radical (unpaired) electrons. The van der Waals surface area contributed by atoms with Crippen molar-refractivity contribution in [1.29, 1.82) is 0 Å². The summed E-state index contributed by atoms with van der Waals surface area (Å²) >= 11 is 1.90. The first kappa shape index (κ1) is 18.5. The Morgan fingerprint density at radius 3 is 3.00 bits per heavy atom. The van der Waals surface area contributed by atoms with Crippen molar-refractivity contribution in [1.82, 2.24) is 10.3 Å². The first-order chi connectivity index (χ1) is 8.24. The molecule has 0 spiro atoms. The van der Waals surface area contributed by atoms with Crippen LogP contribution >= 0.6 is 36.6 Å². The lowest BCUT2D eigenvalue weighted by Crippen LogP contribution is -2.39. The highest BCUT2D eigenvalue weighted by atomic mass is 35.5. The van der Waals surface area contributed by atoms with Gasteiger partial charge in [-0.15, -0.1) is 24.8 Å². The fourth-order valence-corrected chi connectivity index (χ4v) is 2.72. The molecule has 1 saturated heterocycles. The summed E-state index contributed by atoms with van der Waals surface area (Å²) in [6.07, 6.45) is 2.22. The number of aryl methyl sites for hydroxylation is 1. The maximum absolute atomic E-state index is 11.8. The zero-order valence-electron chi connectivity index (χ0n) is 10.7. The SMILES string of the molecule is Cc1ccnc(NC(=O)CC2CSCCN2)c1.Cl.Cl. The van der Waals surface area contributed by atoms with E-state index in [0.717, 1.165) is 23.6 Å². The smallest absolute Gasteiger partial charge is 0.227 e. The molecule has 2 rings (SSSR count). The molecule has 19 heavy (non-hydrogen) atoms. The number of nitrogens with zero attached hydrogens (tertiary/aromatic N) is 1. The van der Waals surface area contributed by atoms with E-state index in [9.17, 15) is 4.79 Å². The maximum atomic E-state index is 11.8. The van der Waals surface area contributed by atoms with Crippen molar-refractivity contribution in [2.45, 2.75) is 19.4 Å². The van der Waals surface area contributed by atoms with E-state index in [1.807, 2.05) is 30.8 Å². The van der Waals surface area contributed by atoms with Gasteiger partial charge in [0.25, 0.3) is 0 Å². The third-order valence-electron chi connectivity index (χ3n) is 2.61. The number of amides is 1. The number of thioether (sulfide) groups is 1. The molecule has 1 aliphatic rings. The third-order valence-corrected chi connectivity index (χ3v) is 3.74. The molecule has 1 atom stereocenters. The summed E-state index contributed by atoms with van der Waals surface area (Å²) in [6.45, 7) is 2.97. The average molecular weight is 324 g/mol. The minimum Gasteiger partial charge on any atom is -0.312 e. The van der Waals surface area contributed by atoms with Crippen molar-refractivity contribution < 1.29 is 4.79 Å². The van der Waals surface area contributed by atoms with Gasteiger partial charge in [0.15, 0.2) is 0 Å². The van der Waals surface area contributed by atoms with Crippen molar-refractivity contribution in [2.24, 2.45) is 0 Å². The van der Waals surface area contributed by atoms with Gasteiger partial charge in [0.2, 0.25) is 5.91 Å². The van der Waals surface area contributed by atoms with Gasteiger partial charge in [-0.2, -0.15) is 11.8 Å². The van der Waals surface area contributed by atoms with Gasteiger partial charge >= 0.3 is 0 Å². The number of hydrogen-bond acceptors (Lipinski definition) is 4. The second-order valence-corrected chi connectivity index (χ2v) is 5.35. The highest BCUT2D eigenvalue weighted by molar-refractivity contribution is 7.99. The lowest BCUT2D eigenvalue weighted by molar-refractivity contribution is -0.116. The molecule has 1 aromatic heterocycles. The molecule has 0 saturated carbocycles. The zero-order chi connectivity index (χ0) is 12.1. The molecule has 0 aromatic carbocycles. The van der Waals surface area contributed by atoms with E-state index >= 15 is 0 Å². The van der Waals surface area contributed by atoms with Gasteiger partial charge in [-0.3, -0.25) is 4.79 Å². The highest BCUT2D eigenvalue weighted by Crippen LogP contribution is 2.11. The van der Waals surface area contributed by atoms with Crippen LogP contribution in [0.5, 0.6) is 0 Å². The van der Waals surface area contributed by atoms with E-state index < -0.39 is 0 Å². The van der Waals surface area contributed by atoms with Crippen molar-refractivity contribution >= 4 is 48.3 Å². The maximum Gasteiger partial charge on any atom is 0.227 e. The fraction of sp³-hybridized carbons (Fsp3) is 0.500. The normalized spacial score (nSPS) is 17.8. The van der Waals surface area contributed by atoms with Crippen molar-refractivity contribution in [3.63, 3.8) is 0 Å². The third kappa shape index (κ3) is 6.47. The van der Waals surface area contributed by atoms with Gasteiger partial charge in [0, 0.05) is 36.7 Å². The number of rotatable bonds is 3. The van der Waals surface area contributed by atoms with Crippen molar-refractivity contribution in [3.8, 4) is 0 Å². The van der Waals surface area contributed by atoms with E-state index in [2.05, 4.69) is 15.6 Å². The molecule has 2 N–H and O–H groups in total. The molecule has 0 aliphatic carbocycles. The first-order valence-electron chi connectivity index (χ1n) is 5.77. The standard InChI is InChI=1S/C12H17N3OS.2ClH/c1-9-2-3-14-11(6-9)15-12(16)7-10-8-17-5-4-13-10;;/h2-3,6,10,13H,4-5,7-8H2,1H3,(H,14,15,16);2*1H. The summed E-state index contributed by atoms with van der Waals surface area (Å²) in [4.78, 5) is 15.9. The van der Waals surface area contributed by atoms with Crippen LogP contribution in [-0.4, -0.2) is 35.0 Å². The van der Waals surface area contributed by atoms with Gasteiger partial charge in [0.05, 0.1) is 0 Å². The van der Waals surface area contributed by atoms with Crippen LogP contribution in [0.1, 0.15) is 12.0 Å². The quantitative estimate of drug-likeness (QED) is 0.896. The first-order valence-corrected chi connectivity index (χ1v) is 6.93. The summed E-state index contributed by atoms with van der Waals surface area (Å²) < 4.78 is 0. The van der Waals surface area contributed by atoms with Crippen molar-refractivity contribution in [2.75, 3.05) is 23.4 Å². The predicted molar refractivity (Wildman–Crippen MR) is 85.8 cm³/mol. The average Bonchev–Trinajstić information content (AvgIpc) is 2.30. The van der Waals surface area contributed by atoms with E-state index in [4.69, 9.17) is 0 Å². The van der Waals surface area contributed by atoms with Crippen LogP contribution in [0.3, 0.4) is 0 Å². The number of hydrogen-bond donors (Lipinski definition) is 2. The molecule has 1 aliphatic heterocycles. The molecule has 1 fully saturated rings. The Bertz CT molecular complexity index is 400. The van der Waals surface area contributed by atoms with Gasteiger partial charge in [-0.25, -0.2) is 4.98 Å². The molecular formula is C12H19Cl2N3OS. The van der Waals surface area contributed by atoms with Crippen LogP contribution in [0, 0.1) is 6.92 Å². The summed E-state index contributed by atoms with van der Waals surface area (Å²) in [5.74, 6) is 2.81. The molecular weight excluding hydrogens is 305 g/mol. The Labute approximate surface area is 130 Å². The lowest BCUT2D eigenvalue weighted by Gasteiger charge is -2.22. The van der Waals surface area contributed by atoms with Crippen LogP contribution in [0.2, 0.25) is 0 Å². The largest absolute Gasteiger partial charge is 0.312 e. The van der Waals surface area contributed by atoms with Crippen LogP contribution in [-0.2, 0) is 4.79 Å². The number of carbonyl (C=O) groups excluding carboxylic acids is 1. The van der Waals surface area contributed by atoms with Crippen molar-refractivity contribution in [3.05, 3.63) is 23.9 Å². The molecule has 0 bridgehead atoms. The Kier molecular flexibility index (Phi) is 9.18. The van der Waals surface area contributed by atoms with Crippen LogP contribution in [0.25, 0.3) is 0 Å². The Morgan fingerprint density at radius 2 is 2.37 bits per heavy atom. The van der Waals surface area contributed by atoms with Gasteiger partial charge < -0.3 is 10.6 Å². The van der Waals surface area contributed by atoms with Gasteiger partial charge in [-0.1, -0.05) is 0 Å². The summed E-state index contributed by atoms with van der Waals surface area (Å²) in [7, 11) is 0. The molecule has 1 amide bonds. The zero-order valence-corrected chi connectivity index (χ0v) is 13.2. The summed E-state index contributed by atoms with van der Waals surface area (Å²) in [6, 6.07) is 4.08. The van der Waals surface area contributed by atoms with E-state index in [0.29, 0.717) is 18.3 Å². The van der Waals surface area contributed by atoms with Crippen LogP contribution < -0.4 is 10.6 Å². The second kappa shape index (κ2) is 9.42. The summed E-state index contributed by atoms with van der Waals surface area (Å²) in [5.41, 5.74) is 1.10. The Balaban J connectivity index is 0.00000162. The highest BCUT2D eigenvalue weighted by Gasteiger charge is 2.16. The number of nitrogens with one attached hydrogen (secondary N) is 2. The van der Waals surface area contributed by atoms with E-state index in [1.165, 1.54) is 0 Å². The molecule has 7 heteroatoms. The van der Waals surface area contributed by atoms with Crippen LogP contribution in [0.4, 0.5) is 5.82 Å². The predicted octanol–water partition coefficient (Wildman–Crippen LogP) is 2.27. The second-order valence-electron chi connectivity index (χ2n) is 4.20. The molecule has 1 aromatic rings. The van der Waals surface area contributed by atoms with Gasteiger partial charge in [-0.05, 0) is 24.6 Å². The number of aromatic nitrogens is 1. The Hall–Kier alpha value is -0.490. The molecule has 1 unspecified atom stereocenters. The number of carbonyl (C=O) groups is 1. The molecule has 2 heterocycles. The fourth-order valence-electron chi connectivity index (χ4n) is 1.77. The lowest BCUT2D eigenvalue weighted by atomic mass is 10.2. The van der Waals surface area contributed by atoms with E-state index in [-0.39, 0.29) is 30.7 Å². The van der Waals surface area contributed by atoms with Crippen LogP contribution in [0.15, 0.2) is 18.3 Å². The monoisotopic (exact) mass is 323 g/mol. The topological polar surface area (TPSA) is 54.0 Å². The number of anilines is 1. The van der Waals surface area contributed by atoms with E-state index in [1.54, 1.807) is 6.20 Å². The molecule has 108 valence electrons. The van der Waals surface area contributed by atoms with Gasteiger partial charge in [0.1, 0.15) is 5.82 Å². The Morgan fingerprint density at radius 1 is 1.58 bits per heavy atom. The minimum atomic E-state index is 0. The number of halogens is 2. The molecule has 4 nitrogen and oxygen atoms in total. The number of pyridine rings is 1.